The zero-order valence-electron chi connectivity index (χ0n) is 12.6. The van der Waals surface area contributed by atoms with Crippen LogP contribution in [0.3, 0.4) is 0 Å². The molecular formula is C14H20N2O5. The Kier molecular flexibility index (Phi) is 6.32. The molecule has 1 aromatic carbocycles. The largest absolute Gasteiger partial charge is 0.493 e. The standard InChI is InChI=1S/C14H20N2O5/c1-5-15-12(17)8-16-14(18)9-6-10(19-2)13(21-4)11(7-9)20-3/h6-7H,5,8H2,1-4H3,(H,15,17)(H,16,18). The summed E-state index contributed by atoms with van der Waals surface area (Å²) in [6.07, 6.45) is 0. The molecule has 0 spiro atoms. The highest BCUT2D eigenvalue weighted by atomic mass is 16.5. The first-order chi connectivity index (χ1) is 10.1. The van der Waals surface area contributed by atoms with E-state index in [9.17, 15) is 9.59 Å². The van der Waals surface area contributed by atoms with Gasteiger partial charge in [-0.15, -0.1) is 0 Å². The fourth-order valence-corrected chi connectivity index (χ4v) is 1.73. The van der Waals surface area contributed by atoms with Crippen molar-refractivity contribution in [3.63, 3.8) is 0 Å². The maximum absolute atomic E-state index is 12.0. The van der Waals surface area contributed by atoms with E-state index in [1.54, 1.807) is 6.92 Å². The second kappa shape index (κ2) is 7.98. The number of carbonyl (C=O) groups excluding carboxylic acids is 2. The molecule has 1 rings (SSSR count). The molecule has 2 amide bonds. The summed E-state index contributed by atoms with van der Waals surface area (Å²) in [5.41, 5.74) is 0.314. The minimum Gasteiger partial charge on any atom is -0.493 e. The summed E-state index contributed by atoms with van der Waals surface area (Å²) < 4.78 is 15.5. The van der Waals surface area contributed by atoms with Crippen molar-refractivity contribution in [2.45, 2.75) is 6.92 Å². The van der Waals surface area contributed by atoms with Crippen LogP contribution in [0.2, 0.25) is 0 Å². The van der Waals surface area contributed by atoms with Crippen LogP contribution in [0, 0.1) is 0 Å². The number of hydrogen-bond acceptors (Lipinski definition) is 5. The average molecular weight is 296 g/mol. The molecule has 0 fully saturated rings. The molecule has 0 aliphatic carbocycles. The van der Waals surface area contributed by atoms with Gasteiger partial charge in [0.2, 0.25) is 11.7 Å². The van der Waals surface area contributed by atoms with E-state index >= 15 is 0 Å². The van der Waals surface area contributed by atoms with Crippen LogP contribution in [0.1, 0.15) is 17.3 Å². The van der Waals surface area contributed by atoms with Gasteiger partial charge in [-0.2, -0.15) is 0 Å². The third kappa shape index (κ3) is 4.27. The van der Waals surface area contributed by atoms with Crippen LogP contribution in [-0.4, -0.2) is 46.2 Å². The highest BCUT2D eigenvalue weighted by Crippen LogP contribution is 2.38. The van der Waals surface area contributed by atoms with Crippen LogP contribution in [0.25, 0.3) is 0 Å². The molecule has 0 aliphatic rings. The van der Waals surface area contributed by atoms with E-state index in [2.05, 4.69) is 10.6 Å². The molecule has 2 N–H and O–H groups in total. The number of benzene rings is 1. The van der Waals surface area contributed by atoms with Gasteiger partial charge in [0.25, 0.3) is 5.91 Å². The quantitative estimate of drug-likeness (QED) is 0.768. The molecule has 21 heavy (non-hydrogen) atoms. The molecule has 116 valence electrons. The molecule has 7 nitrogen and oxygen atoms in total. The van der Waals surface area contributed by atoms with Gasteiger partial charge in [0.05, 0.1) is 27.9 Å². The van der Waals surface area contributed by atoms with Gasteiger partial charge in [0.1, 0.15) is 0 Å². The Morgan fingerprint density at radius 2 is 1.57 bits per heavy atom. The molecule has 0 atom stereocenters. The van der Waals surface area contributed by atoms with Crippen molar-refractivity contribution in [1.82, 2.24) is 10.6 Å². The van der Waals surface area contributed by atoms with Gasteiger partial charge in [-0.1, -0.05) is 0 Å². The summed E-state index contributed by atoms with van der Waals surface area (Å²) in [6, 6.07) is 3.04. The van der Waals surface area contributed by atoms with Gasteiger partial charge in [0.15, 0.2) is 11.5 Å². The number of likely N-dealkylation sites (N-methyl/N-ethyl adjacent to an activating group) is 1. The van der Waals surface area contributed by atoms with Crippen molar-refractivity contribution < 1.29 is 23.8 Å². The van der Waals surface area contributed by atoms with E-state index in [-0.39, 0.29) is 12.5 Å². The third-order valence-corrected chi connectivity index (χ3v) is 2.71. The van der Waals surface area contributed by atoms with Crippen LogP contribution in [-0.2, 0) is 4.79 Å². The number of methoxy groups -OCH3 is 3. The third-order valence-electron chi connectivity index (χ3n) is 2.71. The molecule has 0 heterocycles. The fourth-order valence-electron chi connectivity index (χ4n) is 1.73. The smallest absolute Gasteiger partial charge is 0.251 e. The van der Waals surface area contributed by atoms with Crippen LogP contribution >= 0.6 is 0 Å². The van der Waals surface area contributed by atoms with Gasteiger partial charge < -0.3 is 24.8 Å². The predicted molar refractivity (Wildman–Crippen MR) is 77.1 cm³/mol. The lowest BCUT2D eigenvalue weighted by Gasteiger charge is -2.14. The zero-order valence-corrected chi connectivity index (χ0v) is 12.6. The van der Waals surface area contributed by atoms with Crippen molar-refractivity contribution in [3.05, 3.63) is 17.7 Å². The molecule has 0 aromatic heterocycles. The topological polar surface area (TPSA) is 85.9 Å². The maximum atomic E-state index is 12.0. The Morgan fingerprint density at radius 3 is 2.00 bits per heavy atom. The second-order valence-electron chi connectivity index (χ2n) is 4.05. The van der Waals surface area contributed by atoms with Crippen molar-refractivity contribution >= 4 is 11.8 Å². The Morgan fingerprint density at radius 1 is 1.00 bits per heavy atom. The van der Waals surface area contributed by atoms with E-state index < -0.39 is 5.91 Å². The minimum absolute atomic E-state index is 0.0939. The van der Waals surface area contributed by atoms with Gasteiger partial charge in [-0.3, -0.25) is 9.59 Å². The number of carbonyl (C=O) groups is 2. The fraction of sp³-hybridized carbons (Fsp3) is 0.429. The lowest BCUT2D eigenvalue weighted by atomic mass is 10.1. The number of nitrogens with one attached hydrogen (secondary N) is 2. The summed E-state index contributed by atoms with van der Waals surface area (Å²) in [7, 11) is 4.41. The SMILES string of the molecule is CCNC(=O)CNC(=O)c1cc(OC)c(OC)c(OC)c1. The maximum Gasteiger partial charge on any atom is 0.251 e. The molecule has 0 saturated heterocycles. The van der Waals surface area contributed by atoms with E-state index in [0.717, 1.165) is 0 Å². The first-order valence-electron chi connectivity index (χ1n) is 6.42. The van der Waals surface area contributed by atoms with Crippen molar-refractivity contribution in [1.29, 1.82) is 0 Å². The second-order valence-corrected chi connectivity index (χ2v) is 4.05. The van der Waals surface area contributed by atoms with Crippen LogP contribution in [0.5, 0.6) is 17.2 Å². The highest BCUT2D eigenvalue weighted by molar-refractivity contribution is 5.97. The molecule has 0 aliphatic heterocycles. The Balaban J connectivity index is 2.92. The predicted octanol–water partition coefficient (Wildman–Crippen LogP) is 0.578. The average Bonchev–Trinajstić information content (AvgIpc) is 2.51. The zero-order chi connectivity index (χ0) is 15.8. The summed E-state index contributed by atoms with van der Waals surface area (Å²) in [5, 5.41) is 5.11. The first kappa shape index (κ1) is 16.6. The highest BCUT2D eigenvalue weighted by Gasteiger charge is 2.17. The van der Waals surface area contributed by atoms with Crippen LogP contribution < -0.4 is 24.8 Å². The van der Waals surface area contributed by atoms with Crippen molar-refractivity contribution in [2.75, 3.05) is 34.4 Å². The number of ether oxygens (including phenoxy) is 3. The summed E-state index contributed by atoms with van der Waals surface area (Å²) in [5.74, 6) is 0.499. The molecule has 1 aromatic rings. The van der Waals surface area contributed by atoms with Crippen LogP contribution in [0.4, 0.5) is 0 Å². The molecule has 0 saturated carbocycles. The molecule has 7 heteroatoms. The Hall–Kier alpha value is -2.44. The summed E-state index contributed by atoms with van der Waals surface area (Å²) >= 11 is 0. The van der Waals surface area contributed by atoms with E-state index in [1.165, 1.54) is 33.5 Å². The van der Waals surface area contributed by atoms with E-state index in [1.807, 2.05) is 0 Å². The van der Waals surface area contributed by atoms with Crippen molar-refractivity contribution in [2.24, 2.45) is 0 Å². The van der Waals surface area contributed by atoms with Crippen molar-refractivity contribution in [3.8, 4) is 17.2 Å². The first-order valence-corrected chi connectivity index (χ1v) is 6.42. The number of amides is 2. The Labute approximate surface area is 123 Å². The number of rotatable bonds is 7. The normalized spacial score (nSPS) is 9.71. The van der Waals surface area contributed by atoms with Crippen LogP contribution in [0.15, 0.2) is 12.1 Å². The lowest BCUT2D eigenvalue weighted by molar-refractivity contribution is -0.120. The van der Waals surface area contributed by atoms with Gasteiger partial charge >= 0.3 is 0 Å². The summed E-state index contributed by atoms with van der Waals surface area (Å²) in [4.78, 5) is 23.4. The van der Waals surface area contributed by atoms with Gasteiger partial charge in [-0.05, 0) is 19.1 Å². The Bertz CT molecular complexity index is 491. The van der Waals surface area contributed by atoms with Gasteiger partial charge in [-0.25, -0.2) is 0 Å². The number of hydrogen-bond donors (Lipinski definition) is 2. The molecular weight excluding hydrogens is 276 g/mol. The molecule has 0 radical (unpaired) electrons. The van der Waals surface area contributed by atoms with E-state index in [4.69, 9.17) is 14.2 Å². The minimum atomic E-state index is -0.402. The molecule has 0 bridgehead atoms. The van der Waals surface area contributed by atoms with Gasteiger partial charge in [0, 0.05) is 12.1 Å². The monoisotopic (exact) mass is 296 g/mol. The lowest BCUT2D eigenvalue weighted by Crippen LogP contribution is -2.36. The molecule has 0 unspecified atom stereocenters. The summed E-state index contributed by atoms with van der Waals surface area (Å²) in [6.45, 7) is 2.22. The van der Waals surface area contributed by atoms with E-state index in [0.29, 0.717) is 29.4 Å².